The van der Waals surface area contributed by atoms with Crippen molar-refractivity contribution in [3.05, 3.63) is 11.1 Å². The summed E-state index contributed by atoms with van der Waals surface area (Å²) in [4.78, 5) is 29.7. The number of carbonyl (C=O) groups is 2. The maximum absolute atomic E-state index is 12.0. The van der Waals surface area contributed by atoms with Crippen LogP contribution >= 0.6 is 11.3 Å². The fraction of sp³-hybridized carbons (Fsp3) is 0.643. The summed E-state index contributed by atoms with van der Waals surface area (Å²) in [6.45, 7) is 7.44. The van der Waals surface area contributed by atoms with Crippen LogP contribution in [0.15, 0.2) is 5.38 Å². The molecule has 118 valence electrons. The SMILES string of the molecule is CCOC(=O)C(C)(C)c1csc(NC(C)C(=O)N(C)C)n1. The summed E-state index contributed by atoms with van der Waals surface area (Å²) in [6.07, 6.45) is 0. The summed E-state index contributed by atoms with van der Waals surface area (Å²) >= 11 is 1.37. The zero-order valence-corrected chi connectivity index (χ0v) is 14.2. The third-order valence-corrected chi connectivity index (χ3v) is 3.85. The quantitative estimate of drug-likeness (QED) is 0.812. The molecular formula is C14H23N3O3S. The average Bonchev–Trinajstić information content (AvgIpc) is 2.86. The van der Waals surface area contributed by atoms with Gasteiger partial charge in [-0.3, -0.25) is 9.59 Å². The van der Waals surface area contributed by atoms with Crippen molar-refractivity contribution >= 4 is 28.3 Å². The molecule has 0 spiro atoms. The highest BCUT2D eigenvalue weighted by atomic mass is 32.1. The Hall–Kier alpha value is -1.63. The molecule has 0 aliphatic carbocycles. The zero-order chi connectivity index (χ0) is 16.2. The van der Waals surface area contributed by atoms with Crippen LogP contribution in [0.4, 0.5) is 5.13 Å². The van der Waals surface area contributed by atoms with E-state index in [1.165, 1.54) is 16.2 Å². The smallest absolute Gasteiger partial charge is 0.317 e. The highest BCUT2D eigenvalue weighted by molar-refractivity contribution is 7.13. The Labute approximate surface area is 129 Å². The molecule has 0 aliphatic heterocycles. The van der Waals surface area contributed by atoms with Gasteiger partial charge in [0.1, 0.15) is 11.5 Å². The van der Waals surface area contributed by atoms with Crippen molar-refractivity contribution in [3.8, 4) is 0 Å². The van der Waals surface area contributed by atoms with Gasteiger partial charge in [0.2, 0.25) is 5.91 Å². The van der Waals surface area contributed by atoms with E-state index in [0.29, 0.717) is 17.4 Å². The minimum absolute atomic E-state index is 0.0311. The Morgan fingerprint density at radius 1 is 1.48 bits per heavy atom. The first kappa shape index (κ1) is 17.4. The Morgan fingerprint density at radius 2 is 2.10 bits per heavy atom. The van der Waals surface area contributed by atoms with Crippen LogP contribution in [0.2, 0.25) is 0 Å². The highest BCUT2D eigenvalue weighted by Crippen LogP contribution is 2.28. The first-order valence-electron chi connectivity index (χ1n) is 6.81. The van der Waals surface area contributed by atoms with E-state index in [4.69, 9.17) is 4.74 Å². The zero-order valence-electron chi connectivity index (χ0n) is 13.4. The largest absolute Gasteiger partial charge is 0.465 e. The first-order valence-corrected chi connectivity index (χ1v) is 7.69. The van der Waals surface area contributed by atoms with Crippen LogP contribution in [0.3, 0.4) is 0 Å². The molecule has 1 unspecified atom stereocenters. The summed E-state index contributed by atoms with van der Waals surface area (Å²) in [5.74, 6) is -0.337. The molecule has 1 aromatic rings. The Kier molecular flexibility index (Phi) is 5.71. The number of nitrogens with one attached hydrogen (secondary N) is 1. The average molecular weight is 313 g/mol. The molecule has 7 heteroatoms. The monoisotopic (exact) mass is 313 g/mol. The number of carbonyl (C=O) groups excluding carboxylic acids is 2. The van der Waals surface area contributed by atoms with Crippen molar-refractivity contribution in [1.82, 2.24) is 9.88 Å². The number of ether oxygens (including phenoxy) is 1. The molecule has 21 heavy (non-hydrogen) atoms. The number of hydrogen-bond acceptors (Lipinski definition) is 6. The summed E-state index contributed by atoms with van der Waals surface area (Å²) in [6, 6.07) is -0.371. The van der Waals surface area contributed by atoms with Crippen LogP contribution < -0.4 is 5.32 Å². The highest BCUT2D eigenvalue weighted by Gasteiger charge is 2.34. The minimum atomic E-state index is -0.804. The lowest BCUT2D eigenvalue weighted by atomic mass is 9.90. The third kappa shape index (κ3) is 4.17. The Bertz CT molecular complexity index is 511. The van der Waals surface area contributed by atoms with Crippen LogP contribution in [-0.2, 0) is 19.7 Å². The first-order chi connectivity index (χ1) is 9.70. The van der Waals surface area contributed by atoms with E-state index in [-0.39, 0.29) is 17.9 Å². The summed E-state index contributed by atoms with van der Waals surface area (Å²) < 4.78 is 5.07. The molecule has 0 radical (unpaired) electrons. The second kappa shape index (κ2) is 6.89. The molecule has 0 aliphatic rings. The summed E-state index contributed by atoms with van der Waals surface area (Å²) in [7, 11) is 3.41. The molecule has 1 rings (SSSR count). The van der Waals surface area contributed by atoms with Gasteiger partial charge in [-0.05, 0) is 27.7 Å². The van der Waals surface area contributed by atoms with Gasteiger partial charge in [-0.2, -0.15) is 0 Å². The van der Waals surface area contributed by atoms with Crippen LogP contribution in [0.5, 0.6) is 0 Å². The van der Waals surface area contributed by atoms with E-state index in [9.17, 15) is 9.59 Å². The lowest BCUT2D eigenvalue weighted by molar-refractivity contribution is -0.148. The van der Waals surface area contributed by atoms with Gasteiger partial charge in [0, 0.05) is 19.5 Å². The number of nitrogens with zero attached hydrogens (tertiary/aromatic N) is 2. The number of thiazole rings is 1. The number of anilines is 1. The van der Waals surface area contributed by atoms with Crippen molar-refractivity contribution in [2.75, 3.05) is 26.0 Å². The Balaban J connectivity index is 2.82. The Morgan fingerprint density at radius 3 is 2.62 bits per heavy atom. The molecule has 0 bridgehead atoms. The number of rotatable bonds is 6. The van der Waals surface area contributed by atoms with Crippen molar-refractivity contribution in [1.29, 1.82) is 0 Å². The molecule has 1 aromatic heterocycles. The second-order valence-corrected chi connectivity index (χ2v) is 6.34. The number of aromatic nitrogens is 1. The number of hydrogen-bond donors (Lipinski definition) is 1. The van der Waals surface area contributed by atoms with Gasteiger partial charge in [0.25, 0.3) is 0 Å². The van der Waals surface area contributed by atoms with Crippen molar-refractivity contribution < 1.29 is 14.3 Å². The van der Waals surface area contributed by atoms with Crippen molar-refractivity contribution in [2.24, 2.45) is 0 Å². The van der Waals surface area contributed by atoms with Gasteiger partial charge in [0.05, 0.1) is 12.3 Å². The number of likely N-dealkylation sites (N-methyl/N-ethyl adjacent to an activating group) is 1. The van der Waals surface area contributed by atoms with E-state index in [1.807, 2.05) is 5.38 Å². The van der Waals surface area contributed by atoms with Gasteiger partial charge in [-0.1, -0.05) is 0 Å². The van der Waals surface area contributed by atoms with Crippen molar-refractivity contribution in [3.63, 3.8) is 0 Å². The van der Waals surface area contributed by atoms with Gasteiger partial charge in [-0.15, -0.1) is 11.3 Å². The maximum atomic E-state index is 12.0. The lowest BCUT2D eigenvalue weighted by Crippen LogP contribution is -2.36. The van der Waals surface area contributed by atoms with Crippen LogP contribution in [0.1, 0.15) is 33.4 Å². The second-order valence-electron chi connectivity index (χ2n) is 5.48. The van der Waals surface area contributed by atoms with Crippen molar-refractivity contribution in [2.45, 2.75) is 39.2 Å². The van der Waals surface area contributed by atoms with E-state index < -0.39 is 5.41 Å². The molecular weight excluding hydrogens is 290 g/mol. The van der Waals surface area contributed by atoms with Crippen LogP contribution in [0.25, 0.3) is 0 Å². The molecule has 1 heterocycles. The fourth-order valence-electron chi connectivity index (χ4n) is 1.68. The summed E-state index contributed by atoms with van der Waals surface area (Å²) in [5, 5.41) is 5.48. The molecule has 0 fully saturated rings. The molecule has 1 atom stereocenters. The minimum Gasteiger partial charge on any atom is -0.465 e. The van der Waals surface area contributed by atoms with Gasteiger partial charge in [-0.25, -0.2) is 4.98 Å². The van der Waals surface area contributed by atoms with Gasteiger partial charge in [0.15, 0.2) is 5.13 Å². The standard InChI is InChI=1S/C14H23N3O3S/c1-7-20-12(19)14(3,4)10-8-21-13(16-10)15-9(2)11(18)17(5)6/h8-9H,7H2,1-6H3,(H,15,16). The van der Waals surface area contributed by atoms with E-state index >= 15 is 0 Å². The van der Waals surface area contributed by atoms with Gasteiger partial charge >= 0.3 is 5.97 Å². The van der Waals surface area contributed by atoms with E-state index in [2.05, 4.69) is 10.3 Å². The van der Waals surface area contributed by atoms with E-state index in [1.54, 1.807) is 41.8 Å². The predicted octanol–water partition coefficient (Wildman–Crippen LogP) is 1.87. The molecule has 0 saturated carbocycles. The molecule has 0 aromatic carbocycles. The molecule has 0 saturated heterocycles. The number of esters is 1. The summed E-state index contributed by atoms with van der Waals surface area (Å²) in [5.41, 5.74) is -0.167. The molecule has 1 amide bonds. The molecule has 6 nitrogen and oxygen atoms in total. The normalized spacial score (nSPS) is 12.7. The molecule has 1 N–H and O–H groups in total. The topological polar surface area (TPSA) is 71.5 Å². The number of amides is 1. The third-order valence-electron chi connectivity index (χ3n) is 3.08. The fourth-order valence-corrected chi connectivity index (χ4v) is 2.64. The maximum Gasteiger partial charge on any atom is 0.317 e. The van der Waals surface area contributed by atoms with E-state index in [0.717, 1.165) is 0 Å². The predicted molar refractivity (Wildman–Crippen MR) is 83.6 cm³/mol. The van der Waals surface area contributed by atoms with Gasteiger partial charge < -0.3 is 15.0 Å². The van der Waals surface area contributed by atoms with Crippen LogP contribution in [0, 0.1) is 0 Å². The van der Waals surface area contributed by atoms with Crippen LogP contribution in [-0.4, -0.2) is 48.5 Å². The lowest BCUT2D eigenvalue weighted by Gasteiger charge is -2.20.